The summed E-state index contributed by atoms with van der Waals surface area (Å²) in [5, 5.41) is 3.41. The van der Waals surface area contributed by atoms with Crippen LogP contribution in [0.25, 0.3) is 0 Å². The Labute approximate surface area is 117 Å². The van der Waals surface area contributed by atoms with E-state index in [9.17, 15) is 4.79 Å². The van der Waals surface area contributed by atoms with E-state index in [1.165, 1.54) is 7.11 Å². The normalized spacial score (nSPS) is 22.3. The van der Waals surface area contributed by atoms with Crippen LogP contribution in [0, 0.1) is 12.8 Å². The molecule has 1 amide bonds. The zero-order valence-corrected chi connectivity index (χ0v) is 11.7. The van der Waals surface area contributed by atoms with E-state index in [1.807, 2.05) is 6.92 Å². The molecule has 19 heavy (non-hydrogen) atoms. The highest BCUT2D eigenvalue weighted by molar-refractivity contribution is 6.31. The minimum atomic E-state index is -0.333. The van der Waals surface area contributed by atoms with Gasteiger partial charge in [-0.1, -0.05) is 11.6 Å². The Kier molecular flexibility index (Phi) is 4.29. The quantitative estimate of drug-likeness (QED) is 0.884. The Morgan fingerprint density at radius 1 is 1.53 bits per heavy atom. The third kappa shape index (κ3) is 3.00. The van der Waals surface area contributed by atoms with Gasteiger partial charge in [0.05, 0.1) is 31.9 Å². The largest absolute Gasteiger partial charge is 0.495 e. The summed E-state index contributed by atoms with van der Waals surface area (Å²) in [6.07, 6.45) is 0. The van der Waals surface area contributed by atoms with Crippen molar-refractivity contribution in [1.82, 2.24) is 0 Å². The van der Waals surface area contributed by atoms with Crippen molar-refractivity contribution < 1.29 is 14.3 Å². The van der Waals surface area contributed by atoms with E-state index in [2.05, 4.69) is 5.32 Å². The van der Waals surface area contributed by atoms with Gasteiger partial charge < -0.3 is 20.5 Å². The third-order valence-corrected chi connectivity index (χ3v) is 3.61. The van der Waals surface area contributed by atoms with Crippen LogP contribution in [0.2, 0.25) is 5.02 Å². The Balaban J connectivity index is 2.18. The SMILES string of the molecule is COc1cc(Cl)c(C)cc1NC(=O)C1COCC1N. The second-order valence-corrected chi connectivity index (χ2v) is 5.01. The Morgan fingerprint density at radius 2 is 2.26 bits per heavy atom. The van der Waals surface area contributed by atoms with Crippen LogP contribution in [0.5, 0.6) is 5.75 Å². The molecular formula is C13H17ClN2O3. The lowest BCUT2D eigenvalue weighted by molar-refractivity contribution is -0.120. The molecule has 5 nitrogen and oxygen atoms in total. The first-order valence-corrected chi connectivity index (χ1v) is 6.39. The van der Waals surface area contributed by atoms with Crippen LogP contribution in [0.3, 0.4) is 0 Å². The lowest BCUT2D eigenvalue weighted by atomic mass is 10.0. The van der Waals surface area contributed by atoms with Gasteiger partial charge in [-0.25, -0.2) is 0 Å². The number of rotatable bonds is 3. The maximum Gasteiger partial charge on any atom is 0.231 e. The summed E-state index contributed by atoms with van der Waals surface area (Å²) in [5.41, 5.74) is 7.28. The van der Waals surface area contributed by atoms with Crippen molar-refractivity contribution in [3.63, 3.8) is 0 Å². The summed E-state index contributed by atoms with van der Waals surface area (Å²) in [4.78, 5) is 12.1. The molecule has 1 aliphatic heterocycles. The van der Waals surface area contributed by atoms with Crippen LogP contribution in [-0.2, 0) is 9.53 Å². The number of carbonyl (C=O) groups is 1. The molecule has 2 atom stereocenters. The first-order chi connectivity index (χ1) is 9.02. The number of nitrogens with two attached hydrogens (primary N) is 1. The van der Waals surface area contributed by atoms with Gasteiger partial charge in [0.2, 0.25) is 5.91 Å². The maximum absolute atomic E-state index is 12.1. The molecule has 1 saturated heterocycles. The molecule has 1 aliphatic rings. The minimum Gasteiger partial charge on any atom is -0.495 e. The molecular weight excluding hydrogens is 268 g/mol. The predicted octanol–water partition coefficient (Wildman–Crippen LogP) is 1.57. The van der Waals surface area contributed by atoms with Crippen molar-refractivity contribution in [3.05, 3.63) is 22.7 Å². The molecule has 0 bridgehead atoms. The summed E-state index contributed by atoms with van der Waals surface area (Å²) >= 11 is 6.02. The summed E-state index contributed by atoms with van der Waals surface area (Å²) in [7, 11) is 1.53. The molecule has 0 aliphatic carbocycles. The number of carbonyl (C=O) groups excluding carboxylic acids is 1. The summed E-state index contributed by atoms with van der Waals surface area (Å²) in [6.45, 7) is 2.62. The van der Waals surface area contributed by atoms with E-state index >= 15 is 0 Å². The van der Waals surface area contributed by atoms with Crippen LogP contribution < -0.4 is 15.8 Å². The van der Waals surface area contributed by atoms with Gasteiger partial charge in [-0.05, 0) is 18.6 Å². The molecule has 0 aromatic heterocycles. The fourth-order valence-electron chi connectivity index (χ4n) is 2.00. The van der Waals surface area contributed by atoms with Crippen molar-refractivity contribution in [1.29, 1.82) is 0 Å². The Bertz CT molecular complexity index is 493. The highest BCUT2D eigenvalue weighted by Gasteiger charge is 2.31. The predicted molar refractivity (Wildman–Crippen MR) is 73.7 cm³/mol. The summed E-state index contributed by atoms with van der Waals surface area (Å²) in [6, 6.07) is 3.19. The number of hydrogen-bond donors (Lipinski definition) is 2. The number of methoxy groups -OCH3 is 1. The van der Waals surface area contributed by atoms with E-state index in [4.69, 9.17) is 26.8 Å². The van der Waals surface area contributed by atoms with E-state index < -0.39 is 0 Å². The third-order valence-electron chi connectivity index (χ3n) is 3.20. The van der Waals surface area contributed by atoms with Crippen molar-refractivity contribution in [3.8, 4) is 5.75 Å². The van der Waals surface area contributed by atoms with Crippen molar-refractivity contribution in [2.45, 2.75) is 13.0 Å². The molecule has 0 spiro atoms. The van der Waals surface area contributed by atoms with Crippen LogP contribution >= 0.6 is 11.6 Å². The molecule has 104 valence electrons. The molecule has 0 saturated carbocycles. The highest BCUT2D eigenvalue weighted by Crippen LogP contribution is 2.31. The van der Waals surface area contributed by atoms with Crippen LogP contribution in [0.15, 0.2) is 12.1 Å². The number of anilines is 1. The second kappa shape index (κ2) is 5.77. The number of hydrogen-bond acceptors (Lipinski definition) is 4. The van der Waals surface area contributed by atoms with E-state index in [-0.39, 0.29) is 17.9 Å². The highest BCUT2D eigenvalue weighted by atomic mass is 35.5. The van der Waals surface area contributed by atoms with Crippen LogP contribution in [0.1, 0.15) is 5.56 Å². The standard InChI is InChI=1S/C13H17ClN2O3/c1-7-3-11(12(18-2)4-9(7)14)16-13(17)8-5-19-6-10(8)15/h3-4,8,10H,5-6,15H2,1-2H3,(H,16,17). The number of aryl methyl sites for hydroxylation is 1. The zero-order chi connectivity index (χ0) is 14.0. The molecule has 2 unspecified atom stereocenters. The van der Waals surface area contributed by atoms with Gasteiger partial charge >= 0.3 is 0 Å². The molecule has 0 radical (unpaired) electrons. The molecule has 1 fully saturated rings. The van der Waals surface area contributed by atoms with Crippen molar-refractivity contribution in [2.75, 3.05) is 25.6 Å². The Morgan fingerprint density at radius 3 is 2.84 bits per heavy atom. The number of ether oxygens (including phenoxy) is 2. The molecule has 3 N–H and O–H groups in total. The smallest absolute Gasteiger partial charge is 0.231 e. The average Bonchev–Trinajstić information content (AvgIpc) is 2.79. The molecule has 1 aromatic rings. The van der Waals surface area contributed by atoms with E-state index in [0.29, 0.717) is 29.7 Å². The van der Waals surface area contributed by atoms with Crippen LogP contribution in [-0.4, -0.2) is 32.3 Å². The summed E-state index contributed by atoms with van der Waals surface area (Å²) < 4.78 is 10.4. The first-order valence-electron chi connectivity index (χ1n) is 6.01. The topological polar surface area (TPSA) is 73.6 Å². The first kappa shape index (κ1) is 14.1. The minimum absolute atomic E-state index is 0.162. The maximum atomic E-state index is 12.1. The van der Waals surface area contributed by atoms with Crippen molar-refractivity contribution >= 4 is 23.2 Å². The van der Waals surface area contributed by atoms with Gasteiger partial charge in [-0.15, -0.1) is 0 Å². The second-order valence-electron chi connectivity index (χ2n) is 4.60. The number of benzene rings is 1. The van der Waals surface area contributed by atoms with Gasteiger partial charge in [0.15, 0.2) is 0 Å². The molecule has 6 heteroatoms. The monoisotopic (exact) mass is 284 g/mol. The molecule has 1 aromatic carbocycles. The van der Waals surface area contributed by atoms with Gasteiger partial charge in [-0.3, -0.25) is 4.79 Å². The zero-order valence-electron chi connectivity index (χ0n) is 10.9. The Hall–Kier alpha value is -1.30. The van der Waals surface area contributed by atoms with Gasteiger partial charge in [-0.2, -0.15) is 0 Å². The average molecular weight is 285 g/mol. The molecule has 1 heterocycles. The number of amides is 1. The van der Waals surface area contributed by atoms with E-state index in [1.54, 1.807) is 12.1 Å². The lowest BCUT2D eigenvalue weighted by Gasteiger charge is -2.16. The fraction of sp³-hybridized carbons (Fsp3) is 0.462. The summed E-state index contributed by atoms with van der Waals surface area (Å²) in [5.74, 6) is 0.0298. The van der Waals surface area contributed by atoms with Gasteiger partial charge in [0.25, 0.3) is 0 Å². The fourth-order valence-corrected chi connectivity index (χ4v) is 2.15. The van der Waals surface area contributed by atoms with Crippen LogP contribution in [0.4, 0.5) is 5.69 Å². The number of halogens is 1. The van der Waals surface area contributed by atoms with Gasteiger partial charge in [0.1, 0.15) is 5.75 Å². The van der Waals surface area contributed by atoms with E-state index in [0.717, 1.165) is 5.56 Å². The lowest BCUT2D eigenvalue weighted by Crippen LogP contribution is -2.37. The van der Waals surface area contributed by atoms with Gasteiger partial charge in [0, 0.05) is 17.1 Å². The molecule has 2 rings (SSSR count). The van der Waals surface area contributed by atoms with Crippen molar-refractivity contribution in [2.24, 2.45) is 11.7 Å². The number of nitrogens with one attached hydrogen (secondary N) is 1.